The van der Waals surface area contributed by atoms with Crippen molar-refractivity contribution in [2.75, 3.05) is 0 Å². The summed E-state index contributed by atoms with van der Waals surface area (Å²) >= 11 is 0. The zero-order chi connectivity index (χ0) is 21.3. The van der Waals surface area contributed by atoms with E-state index in [1.807, 2.05) is 0 Å². The lowest BCUT2D eigenvalue weighted by Crippen LogP contribution is -2.37. The molecule has 1 heterocycles. The third-order valence-corrected chi connectivity index (χ3v) is 5.18. The Morgan fingerprint density at radius 2 is 1.83 bits per heavy atom. The summed E-state index contributed by atoms with van der Waals surface area (Å²) in [5, 5.41) is 3.46. The molecular weight excluding hydrogens is 390 g/mol. The minimum Gasteiger partial charge on any atom is -0.453 e. The molecule has 0 bridgehead atoms. The van der Waals surface area contributed by atoms with E-state index in [2.05, 4.69) is 10.3 Å². The molecule has 1 fully saturated rings. The molecule has 0 spiro atoms. The highest BCUT2D eigenvalue weighted by Gasteiger charge is 2.27. The SMILES string of the molecule is CC(OC(=O)CCc1c(-c2ccc(F)cc2)[nH]c2ccc(F)cc12)C(=O)NC1CC1. The monoisotopic (exact) mass is 412 g/mol. The van der Waals surface area contributed by atoms with E-state index in [1.54, 1.807) is 25.1 Å². The van der Waals surface area contributed by atoms with Crippen molar-refractivity contribution in [1.29, 1.82) is 0 Å². The molecule has 0 saturated heterocycles. The number of amides is 1. The van der Waals surface area contributed by atoms with E-state index < -0.39 is 12.1 Å². The van der Waals surface area contributed by atoms with Gasteiger partial charge in [0.1, 0.15) is 11.6 Å². The molecule has 4 rings (SSSR count). The minimum atomic E-state index is -0.866. The Bertz CT molecular complexity index is 1090. The first kappa shape index (κ1) is 20.1. The highest BCUT2D eigenvalue weighted by atomic mass is 19.1. The molecule has 1 aliphatic carbocycles. The van der Waals surface area contributed by atoms with Crippen molar-refractivity contribution in [3.05, 3.63) is 59.7 Å². The second-order valence-corrected chi connectivity index (χ2v) is 7.59. The summed E-state index contributed by atoms with van der Waals surface area (Å²) in [6, 6.07) is 10.5. The number of aromatic amines is 1. The predicted octanol–water partition coefficient (Wildman–Crippen LogP) is 4.26. The first-order valence-corrected chi connectivity index (χ1v) is 9.96. The molecule has 1 aliphatic rings. The number of nitrogens with one attached hydrogen (secondary N) is 2. The van der Waals surface area contributed by atoms with Crippen molar-refractivity contribution in [1.82, 2.24) is 10.3 Å². The number of esters is 1. The van der Waals surface area contributed by atoms with Crippen LogP contribution in [-0.4, -0.2) is 29.0 Å². The van der Waals surface area contributed by atoms with Crippen LogP contribution < -0.4 is 5.32 Å². The molecule has 1 amide bonds. The Morgan fingerprint density at radius 1 is 1.13 bits per heavy atom. The topological polar surface area (TPSA) is 71.2 Å². The number of aryl methyl sites for hydroxylation is 1. The minimum absolute atomic E-state index is 0.0265. The summed E-state index contributed by atoms with van der Waals surface area (Å²) in [6.07, 6.45) is 1.35. The number of halogens is 2. The van der Waals surface area contributed by atoms with Crippen LogP contribution in [0, 0.1) is 11.6 Å². The van der Waals surface area contributed by atoms with Gasteiger partial charge in [-0.3, -0.25) is 9.59 Å². The molecule has 2 aromatic carbocycles. The van der Waals surface area contributed by atoms with Crippen molar-refractivity contribution in [2.24, 2.45) is 0 Å². The molecule has 156 valence electrons. The third-order valence-electron chi connectivity index (χ3n) is 5.18. The third kappa shape index (κ3) is 4.50. The number of carbonyl (C=O) groups is 2. The fourth-order valence-electron chi connectivity index (χ4n) is 3.43. The Morgan fingerprint density at radius 3 is 2.53 bits per heavy atom. The molecule has 7 heteroatoms. The van der Waals surface area contributed by atoms with Crippen molar-refractivity contribution in [3.8, 4) is 11.3 Å². The molecule has 0 aliphatic heterocycles. The number of benzene rings is 2. The average Bonchev–Trinajstić information content (AvgIpc) is 3.46. The summed E-state index contributed by atoms with van der Waals surface area (Å²) in [6.45, 7) is 1.54. The van der Waals surface area contributed by atoms with Crippen LogP contribution in [0.2, 0.25) is 0 Å². The second kappa shape index (κ2) is 8.26. The van der Waals surface area contributed by atoms with Gasteiger partial charge in [0.2, 0.25) is 0 Å². The van der Waals surface area contributed by atoms with Gasteiger partial charge in [0.05, 0.1) is 0 Å². The smallest absolute Gasteiger partial charge is 0.306 e. The van der Waals surface area contributed by atoms with Crippen LogP contribution in [0.1, 0.15) is 31.7 Å². The van der Waals surface area contributed by atoms with Crippen molar-refractivity contribution in [3.63, 3.8) is 0 Å². The highest BCUT2D eigenvalue weighted by Crippen LogP contribution is 2.32. The summed E-state index contributed by atoms with van der Waals surface area (Å²) < 4.78 is 32.4. The van der Waals surface area contributed by atoms with Crippen LogP contribution >= 0.6 is 0 Å². The lowest BCUT2D eigenvalue weighted by molar-refractivity contribution is -0.154. The van der Waals surface area contributed by atoms with Crippen LogP contribution in [0.25, 0.3) is 22.2 Å². The quantitative estimate of drug-likeness (QED) is 0.570. The fourth-order valence-corrected chi connectivity index (χ4v) is 3.43. The van der Waals surface area contributed by atoms with Gasteiger partial charge in [-0.1, -0.05) is 0 Å². The largest absolute Gasteiger partial charge is 0.453 e. The van der Waals surface area contributed by atoms with Gasteiger partial charge < -0.3 is 15.0 Å². The fraction of sp³-hybridized carbons (Fsp3) is 0.304. The van der Waals surface area contributed by atoms with Crippen molar-refractivity contribution < 1.29 is 23.1 Å². The van der Waals surface area contributed by atoms with E-state index in [4.69, 9.17) is 4.74 Å². The van der Waals surface area contributed by atoms with Crippen LogP contribution in [0.15, 0.2) is 42.5 Å². The maximum absolute atomic E-state index is 13.9. The molecule has 1 atom stereocenters. The van der Waals surface area contributed by atoms with Crippen LogP contribution in [0.5, 0.6) is 0 Å². The Kier molecular flexibility index (Phi) is 5.53. The second-order valence-electron chi connectivity index (χ2n) is 7.59. The van der Waals surface area contributed by atoms with Gasteiger partial charge in [0.15, 0.2) is 6.10 Å². The van der Waals surface area contributed by atoms with E-state index in [0.29, 0.717) is 11.1 Å². The normalized spacial score (nSPS) is 14.5. The van der Waals surface area contributed by atoms with Gasteiger partial charge in [0.25, 0.3) is 5.91 Å². The number of rotatable bonds is 7. The maximum atomic E-state index is 13.9. The zero-order valence-corrected chi connectivity index (χ0v) is 16.5. The number of aromatic nitrogens is 1. The Labute approximate surface area is 172 Å². The van der Waals surface area contributed by atoms with Gasteiger partial charge in [-0.25, -0.2) is 8.78 Å². The number of carbonyl (C=O) groups excluding carboxylic acids is 2. The number of H-pyrrole nitrogens is 1. The van der Waals surface area contributed by atoms with E-state index >= 15 is 0 Å². The summed E-state index contributed by atoms with van der Waals surface area (Å²) in [4.78, 5) is 27.5. The maximum Gasteiger partial charge on any atom is 0.306 e. The lowest BCUT2D eigenvalue weighted by atomic mass is 10.0. The van der Waals surface area contributed by atoms with Gasteiger partial charge in [-0.15, -0.1) is 0 Å². The molecule has 3 aromatic rings. The predicted molar refractivity (Wildman–Crippen MR) is 109 cm³/mol. The number of hydrogen-bond acceptors (Lipinski definition) is 3. The average molecular weight is 412 g/mol. The summed E-state index contributed by atoms with van der Waals surface area (Å²) in [5.41, 5.74) is 2.89. The molecule has 30 heavy (non-hydrogen) atoms. The Hall–Kier alpha value is -3.22. The molecule has 5 nitrogen and oxygen atoms in total. The van der Waals surface area contributed by atoms with Gasteiger partial charge in [0, 0.05) is 29.1 Å². The van der Waals surface area contributed by atoms with Crippen molar-refractivity contribution >= 4 is 22.8 Å². The summed E-state index contributed by atoms with van der Waals surface area (Å²) in [5.74, 6) is -1.55. The highest BCUT2D eigenvalue weighted by molar-refractivity contribution is 5.91. The zero-order valence-electron chi connectivity index (χ0n) is 16.5. The molecule has 2 N–H and O–H groups in total. The van der Waals surface area contributed by atoms with Crippen LogP contribution in [-0.2, 0) is 20.7 Å². The van der Waals surface area contributed by atoms with Gasteiger partial charge in [-0.05, 0) is 79.8 Å². The van der Waals surface area contributed by atoms with Crippen LogP contribution in [0.3, 0.4) is 0 Å². The van der Waals surface area contributed by atoms with Gasteiger partial charge in [-0.2, -0.15) is 0 Å². The van der Waals surface area contributed by atoms with Gasteiger partial charge >= 0.3 is 5.97 Å². The molecule has 1 aromatic heterocycles. The van der Waals surface area contributed by atoms with E-state index in [-0.39, 0.29) is 36.4 Å². The number of hydrogen-bond donors (Lipinski definition) is 2. The molecule has 1 unspecified atom stereocenters. The summed E-state index contributed by atoms with van der Waals surface area (Å²) in [7, 11) is 0. The first-order valence-electron chi connectivity index (χ1n) is 9.96. The first-order chi connectivity index (χ1) is 14.4. The van der Waals surface area contributed by atoms with E-state index in [0.717, 1.165) is 29.5 Å². The molecular formula is C23H22F2N2O3. The van der Waals surface area contributed by atoms with E-state index in [1.165, 1.54) is 24.3 Å². The Balaban J connectivity index is 1.52. The number of ether oxygens (including phenoxy) is 1. The number of fused-ring (bicyclic) bond motifs is 1. The lowest BCUT2D eigenvalue weighted by Gasteiger charge is -2.13. The molecule has 0 radical (unpaired) electrons. The molecule has 1 saturated carbocycles. The van der Waals surface area contributed by atoms with Crippen molar-refractivity contribution in [2.45, 2.75) is 44.8 Å². The standard InChI is InChI=1S/C23H22F2N2O3/c1-13(23(29)26-17-7-8-17)30-21(28)11-9-18-19-12-16(25)6-10-20(19)27-22(18)14-2-4-15(24)5-3-14/h2-6,10,12-13,17,27H,7-9,11H2,1H3,(H,26,29). The van der Waals surface area contributed by atoms with Crippen LogP contribution in [0.4, 0.5) is 8.78 Å². The van der Waals surface area contributed by atoms with E-state index in [9.17, 15) is 18.4 Å².